The van der Waals surface area contributed by atoms with Gasteiger partial charge in [-0.3, -0.25) is 0 Å². The molecule has 1 aromatic carbocycles. The zero-order valence-corrected chi connectivity index (χ0v) is 8.45. The summed E-state index contributed by atoms with van der Waals surface area (Å²) in [7, 11) is 0. The van der Waals surface area contributed by atoms with Gasteiger partial charge in [-0.25, -0.2) is 4.79 Å². The van der Waals surface area contributed by atoms with Gasteiger partial charge in [0.2, 0.25) is 0 Å². The topological polar surface area (TPSA) is 89.1 Å². The molecule has 2 rings (SSSR count). The van der Waals surface area contributed by atoms with E-state index in [0.717, 1.165) is 0 Å². The molecule has 0 aliphatic rings. The SMILES string of the molecule is Nc1ccccc1C(=O)O.c1ccnnc1. The summed E-state index contributed by atoms with van der Waals surface area (Å²) in [6.45, 7) is 0. The van der Waals surface area contributed by atoms with Crippen LogP contribution in [0.2, 0.25) is 0 Å². The first-order valence-electron chi connectivity index (χ1n) is 4.51. The number of hydrogen-bond donors (Lipinski definition) is 2. The summed E-state index contributed by atoms with van der Waals surface area (Å²) in [5.74, 6) is -0.988. The van der Waals surface area contributed by atoms with Crippen LogP contribution < -0.4 is 5.73 Å². The Kier molecular flexibility index (Phi) is 4.46. The van der Waals surface area contributed by atoms with Gasteiger partial charge < -0.3 is 10.8 Å². The van der Waals surface area contributed by atoms with E-state index in [0.29, 0.717) is 5.69 Å². The summed E-state index contributed by atoms with van der Waals surface area (Å²) >= 11 is 0. The van der Waals surface area contributed by atoms with Crippen LogP contribution in [-0.2, 0) is 0 Å². The fourth-order valence-corrected chi connectivity index (χ4v) is 0.945. The molecule has 0 amide bonds. The predicted molar refractivity (Wildman–Crippen MR) is 59.8 cm³/mol. The van der Waals surface area contributed by atoms with Crippen molar-refractivity contribution in [2.45, 2.75) is 0 Å². The Labute approximate surface area is 92.6 Å². The van der Waals surface area contributed by atoms with Crippen LogP contribution in [0.25, 0.3) is 0 Å². The van der Waals surface area contributed by atoms with Crippen LogP contribution in [0.3, 0.4) is 0 Å². The number of carboxylic acids is 1. The highest BCUT2D eigenvalue weighted by atomic mass is 16.4. The number of aromatic nitrogens is 2. The Balaban J connectivity index is 0.000000181. The van der Waals surface area contributed by atoms with Crippen molar-refractivity contribution in [2.24, 2.45) is 0 Å². The number of nitrogens with two attached hydrogens (primary N) is 1. The largest absolute Gasteiger partial charge is 0.478 e. The normalized spacial score (nSPS) is 8.75. The Morgan fingerprint density at radius 2 is 1.62 bits per heavy atom. The highest BCUT2D eigenvalue weighted by Gasteiger charge is 2.03. The van der Waals surface area contributed by atoms with Crippen LogP contribution in [0, 0.1) is 0 Å². The lowest BCUT2D eigenvalue weighted by Crippen LogP contribution is -2.00. The molecule has 0 saturated carbocycles. The molecule has 3 N–H and O–H groups in total. The van der Waals surface area contributed by atoms with Crippen molar-refractivity contribution >= 4 is 11.7 Å². The molecule has 0 saturated heterocycles. The third kappa shape index (κ3) is 3.75. The quantitative estimate of drug-likeness (QED) is 0.705. The number of para-hydroxylation sites is 1. The van der Waals surface area contributed by atoms with Crippen LogP contribution >= 0.6 is 0 Å². The van der Waals surface area contributed by atoms with Crippen molar-refractivity contribution in [3.05, 3.63) is 54.4 Å². The fourth-order valence-electron chi connectivity index (χ4n) is 0.945. The Hall–Kier alpha value is -2.43. The van der Waals surface area contributed by atoms with Gasteiger partial charge >= 0.3 is 5.97 Å². The van der Waals surface area contributed by atoms with Gasteiger partial charge in [0.1, 0.15) is 0 Å². The average Bonchev–Trinajstić information content (AvgIpc) is 2.32. The first kappa shape index (κ1) is 11.6. The van der Waals surface area contributed by atoms with E-state index in [1.54, 1.807) is 30.6 Å². The lowest BCUT2D eigenvalue weighted by molar-refractivity contribution is 0.0698. The van der Waals surface area contributed by atoms with E-state index in [1.807, 2.05) is 12.1 Å². The Morgan fingerprint density at radius 1 is 1.06 bits per heavy atom. The molecule has 2 aromatic rings. The minimum atomic E-state index is -0.988. The summed E-state index contributed by atoms with van der Waals surface area (Å²) in [4.78, 5) is 10.3. The number of aromatic carboxylic acids is 1. The van der Waals surface area contributed by atoms with E-state index >= 15 is 0 Å². The van der Waals surface area contributed by atoms with Gasteiger partial charge in [0.15, 0.2) is 0 Å². The van der Waals surface area contributed by atoms with Crippen LogP contribution in [-0.4, -0.2) is 21.3 Å². The number of nitrogens with zero attached hydrogens (tertiary/aromatic N) is 2. The molecule has 0 spiro atoms. The van der Waals surface area contributed by atoms with Crippen molar-refractivity contribution in [2.75, 3.05) is 5.73 Å². The maximum absolute atomic E-state index is 10.3. The van der Waals surface area contributed by atoms with Crippen LogP contribution in [0.5, 0.6) is 0 Å². The average molecular weight is 217 g/mol. The molecule has 5 heteroatoms. The number of hydrogen-bond acceptors (Lipinski definition) is 4. The monoisotopic (exact) mass is 217 g/mol. The second-order valence-electron chi connectivity index (χ2n) is 2.81. The molecule has 82 valence electrons. The molecule has 16 heavy (non-hydrogen) atoms. The summed E-state index contributed by atoms with van der Waals surface area (Å²) in [6.07, 6.45) is 3.28. The highest BCUT2D eigenvalue weighted by molar-refractivity contribution is 5.93. The second-order valence-corrected chi connectivity index (χ2v) is 2.81. The molecule has 0 atom stereocenters. The summed E-state index contributed by atoms with van der Waals surface area (Å²) in [5.41, 5.74) is 5.80. The number of nitrogen functional groups attached to an aromatic ring is 1. The van der Waals surface area contributed by atoms with Gasteiger partial charge in [-0.05, 0) is 24.3 Å². The maximum atomic E-state index is 10.3. The molecular formula is C11H11N3O2. The molecule has 0 fully saturated rings. The maximum Gasteiger partial charge on any atom is 0.337 e. The van der Waals surface area contributed by atoms with Crippen molar-refractivity contribution in [1.29, 1.82) is 0 Å². The minimum Gasteiger partial charge on any atom is -0.478 e. The molecular weight excluding hydrogens is 206 g/mol. The lowest BCUT2D eigenvalue weighted by atomic mass is 10.2. The Morgan fingerprint density at radius 3 is 1.94 bits per heavy atom. The second kappa shape index (κ2) is 6.13. The number of carboxylic acid groups (broad SMARTS) is 1. The first-order chi connectivity index (χ1) is 7.72. The molecule has 0 unspecified atom stereocenters. The van der Waals surface area contributed by atoms with E-state index in [9.17, 15) is 4.79 Å². The molecule has 5 nitrogen and oxygen atoms in total. The summed E-state index contributed by atoms with van der Waals surface area (Å²) in [6, 6.07) is 10.0. The minimum absolute atomic E-state index is 0.155. The molecule has 0 aliphatic carbocycles. The van der Waals surface area contributed by atoms with E-state index in [1.165, 1.54) is 6.07 Å². The summed E-state index contributed by atoms with van der Waals surface area (Å²) < 4.78 is 0. The molecule has 0 radical (unpaired) electrons. The smallest absolute Gasteiger partial charge is 0.337 e. The van der Waals surface area contributed by atoms with Gasteiger partial charge in [-0.2, -0.15) is 10.2 Å². The number of anilines is 1. The zero-order valence-electron chi connectivity index (χ0n) is 8.45. The van der Waals surface area contributed by atoms with Crippen molar-refractivity contribution in [3.8, 4) is 0 Å². The molecule has 1 heterocycles. The standard InChI is InChI=1S/C7H7NO2.C4H4N2/c8-6-4-2-1-3-5(6)7(9)10;1-2-4-6-5-3-1/h1-4H,8H2,(H,9,10);1-4H. The van der Waals surface area contributed by atoms with E-state index in [4.69, 9.17) is 10.8 Å². The van der Waals surface area contributed by atoms with Gasteiger partial charge in [0.05, 0.1) is 5.56 Å². The van der Waals surface area contributed by atoms with Gasteiger partial charge in [-0.1, -0.05) is 12.1 Å². The van der Waals surface area contributed by atoms with Crippen molar-refractivity contribution in [3.63, 3.8) is 0 Å². The molecule has 0 aliphatic heterocycles. The Bertz CT molecular complexity index is 419. The van der Waals surface area contributed by atoms with Crippen LogP contribution in [0.4, 0.5) is 5.69 Å². The zero-order chi connectivity index (χ0) is 11.8. The van der Waals surface area contributed by atoms with E-state index in [-0.39, 0.29) is 5.56 Å². The number of benzene rings is 1. The molecule has 0 bridgehead atoms. The van der Waals surface area contributed by atoms with Gasteiger partial charge in [-0.15, -0.1) is 0 Å². The van der Waals surface area contributed by atoms with Crippen molar-refractivity contribution in [1.82, 2.24) is 10.2 Å². The predicted octanol–water partition coefficient (Wildman–Crippen LogP) is 1.44. The third-order valence-electron chi connectivity index (χ3n) is 1.67. The lowest BCUT2D eigenvalue weighted by Gasteiger charge is -1.96. The first-order valence-corrected chi connectivity index (χ1v) is 4.51. The van der Waals surface area contributed by atoms with E-state index in [2.05, 4.69) is 10.2 Å². The molecule has 1 aromatic heterocycles. The highest BCUT2D eigenvalue weighted by Crippen LogP contribution is 2.08. The van der Waals surface area contributed by atoms with E-state index < -0.39 is 5.97 Å². The summed E-state index contributed by atoms with van der Waals surface area (Å²) in [5, 5.41) is 15.6. The number of carbonyl (C=O) groups is 1. The fraction of sp³-hybridized carbons (Fsp3) is 0. The van der Waals surface area contributed by atoms with Gasteiger partial charge in [0, 0.05) is 18.1 Å². The van der Waals surface area contributed by atoms with Gasteiger partial charge in [0.25, 0.3) is 0 Å². The third-order valence-corrected chi connectivity index (χ3v) is 1.67. The number of rotatable bonds is 1. The van der Waals surface area contributed by atoms with Crippen molar-refractivity contribution < 1.29 is 9.90 Å². The van der Waals surface area contributed by atoms with Crippen LogP contribution in [0.15, 0.2) is 48.8 Å². The van der Waals surface area contributed by atoms with Crippen LogP contribution in [0.1, 0.15) is 10.4 Å².